The summed E-state index contributed by atoms with van der Waals surface area (Å²) in [6.45, 7) is 6.62. The molecule has 8 heteroatoms. The molecule has 3 rings (SSSR count). The van der Waals surface area contributed by atoms with Gasteiger partial charge in [-0.25, -0.2) is 4.98 Å². The van der Waals surface area contributed by atoms with E-state index in [-0.39, 0.29) is 11.9 Å². The van der Waals surface area contributed by atoms with Gasteiger partial charge in [0.05, 0.1) is 12.6 Å². The molecule has 1 aliphatic rings. The Kier molecular flexibility index (Phi) is 6.72. The van der Waals surface area contributed by atoms with Crippen molar-refractivity contribution in [3.63, 3.8) is 0 Å². The first kappa shape index (κ1) is 19.1. The summed E-state index contributed by atoms with van der Waals surface area (Å²) in [6, 6.07) is 7.62. The third-order valence-electron chi connectivity index (χ3n) is 3.20. The van der Waals surface area contributed by atoms with Crippen molar-refractivity contribution < 1.29 is 13.9 Å². The highest BCUT2D eigenvalue weighted by molar-refractivity contribution is 9.10. The van der Waals surface area contributed by atoms with Crippen LogP contribution in [0.3, 0.4) is 0 Å². The second-order valence-corrected chi connectivity index (χ2v) is 6.50. The quantitative estimate of drug-likeness (QED) is 0.794. The van der Waals surface area contributed by atoms with E-state index >= 15 is 0 Å². The number of oxazole rings is 1. The van der Waals surface area contributed by atoms with Crippen LogP contribution in [0, 0.1) is 13.8 Å². The number of nitrogens with zero attached hydrogens (tertiary/aromatic N) is 2. The molecule has 0 bridgehead atoms. The van der Waals surface area contributed by atoms with Gasteiger partial charge in [-0.2, -0.15) is 0 Å². The van der Waals surface area contributed by atoms with Crippen molar-refractivity contribution in [1.82, 2.24) is 4.98 Å². The lowest BCUT2D eigenvalue weighted by atomic mass is 10.3. The number of aromatic nitrogens is 1. The molecule has 0 saturated heterocycles. The van der Waals surface area contributed by atoms with Crippen LogP contribution in [0.15, 0.2) is 38.1 Å². The van der Waals surface area contributed by atoms with Crippen LogP contribution in [0.1, 0.15) is 29.1 Å². The lowest BCUT2D eigenvalue weighted by molar-refractivity contribution is 0.102. The molecule has 25 heavy (non-hydrogen) atoms. The number of amidine groups is 1. The summed E-state index contributed by atoms with van der Waals surface area (Å²) in [6.07, 6.45) is 0. The third kappa shape index (κ3) is 5.99. The zero-order valence-corrected chi connectivity index (χ0v) is 16.0. The molecule has 3 N–H and O–H groups in total. The lowest BCUT2D eigenvalue weighted by Gasteiger charge is -2.13. The minimum absolute atomic E-state index is 0.253. The van der Waals surface area contributed by atoms with Gasteiger partial charge in [0, 0.05) is 17.1 Å². The van der Waals surface area contributed by atoms with E-state index in [1.54, 1.807) is 13.8 Å². The van der Waals surface area contributed by atoms with Gasteiger partial charge in [0.15, 0.2) is 11.6 Å². The highest BCUT2D eigenvalue weighted by Gasteiger charge is 2.15. The van der Waals surface area contributed by atoms with Gasteiger partial charge in [0.25, 0.3) is 5.91 Å². The van der Waals surface area contributed by atoms with Crippen molar-refractivity contribution in [2.24, 2.45) is 10.7 Å². The number of nitrogens with two attached hydrogens (primary N) is 1. The zero-order chi connectivity index (χ0) is 18.4. The number of benzene rings is 1. The molecule has 2 aromatic rings. The number of nitrogens with one attached hydrogen (secondary N) is 1. The fourth-order valence-electron chi connectivity index (χ4n) is 2.19. The first-order valence-corrected chi connectivity index (χ1v) is 8.55. The Morgan fingerprint density at radius 1 is 1.40 bits per heavy atom. The number of carbonyl (C=O) groups is 1. The van der Waals surface area contributed by atoms with Crippen molar-refractivity contribution in [2.45, 2.75) is 26.8 Å². The van der Waals surface area contributed by atoms with E-state index in [1.165, 1.54) is 0 Å². The smallest absolute Gasteiger partial charge is 0.277 e. The van der Waals surface area contributed by atoms with Crippen LogP contribution in [0.25, 0.3) is 0 Å². The Bertz CT molecular complexity index is 773. The predicted octanol–water partition coefficient (Wildman–Crippen LogP) is 3.07. The van der Waals surface area contributed by atoms with Gasteiger partial charge < -0.3 is 20.2 Å². The second kappa shape index (κ2) is 8.77. The normalized spacial score (nSPS) is 16.5. The van der Waals surface area contributed by atoms with Crippen molar-refractivity contribution in [1.29, 1.82) is 0 Å². The number of halogens is 1. The van der Waals surface area contributed by atoms with Crippen LogP contribution in [-0.2, 0) is 4.74 Å². The monoisotopic (exact) mass is 408 g/mol. The highest BCUT2D eigenvalue weighted by atomic mass is 79.9. The second-order valence-electron chi connectivity index (χ2n) is 5.59. The molecule has 2 heterocycles. The van der Waals surface area contributed by atoms with Crippen molar-refractivity contribution >= 4 is 33.4 Å². The van der Waals surface area contributed by atoms with Crippen LogP contribution >= 0.6 is 15.9 Å². The maximum Gasteiger partial charge on any atom is 0.277 e. The van der Waals surface area contributed by atoms with Crippen LogP contribution in [0.4, 0.5) is 5.69 Å². The van der Waals surface area contributed by atoms with Gasteiger partial charge in [-0.1, -0.05) is 22.0 Å². The van der Waals surface area contributed by atoms with Crippen LogP contribution in [0.2, 0.25) is 0 Å². The molecule has 134 valence electrons. The van der Waals surface area contributed by atoms with Gasteiger partial charge in [-0.05, 0) is 32.0 Å². The molecule has 1 amide bonds. The largest absolute Gasteiger partial charge is 0.445 e. The van der Waals surface area contributed by atoms with Crippen molar-refractivity contribution in [3.8, 4) is 0 Å². The molecule has 0 radical (unpaired) electrons. The number of anilines is 1. The molecule has 0 saturated carbocycles. The highest BCUT2D eigenvalue weighted by Crippen LogP contribution is 2.17. The zero-order valence-electron chi connectivity index (χ0n) is 14.4. The fourth-order valence-corrected chi connectivity index (χ4v) is 2.59. The summed E-state index contributed by atoms with van der Waals surface area (Å²) in [5.41, 5.74) is 6.38. The fraction of sp³-hybridized carbons (Fsp3) is 0.353. The van der Waals surface area contributed by atoms with Crippen molar-refractivity contribution in [2.75, 3.05) is 18.5 Å². The van der Waals surface area contributed by atoms with E-state index in [9.17, 15) is 4.79 Å². The van der Waals surface area contributed by atoms with E-state index in [4.69, 9.17) is 14.9 Å². The van der Waals surface area contributed by atoms with E-state index < -0.39 is 0 Å². The van der Waals surface area contributed by atoms with Gasteiger partial charge in [-0.15, -0.1) is 0 Å². The average Bonchev–Trinajstić information content (AvgIpc) is 2.86. The molecule has 0 spiro atoms. The SMILES string of the molecule is CC1COCC(N)=N1.Cc1nc(C(=O)Nc2cccc(Br)c2)c(C)o1. The van der Waals surface area contributed by atoms with Gasteiger partial charge in [0.1, 0.15) is 18.2 Å². The van der Waals surface area contributed by atoms with Crippen LogP contribution in [0.5, 0.6) is 0 Å². The summed E-state index contributed by atoms with van der Waals surface area (Å²) in [5.74, 6) is 1.36. The topological polar surface area (TPSA) is 103 Å². The third-order valence-corrected chi connectivity index (χ3v) is 3.69. The van der Waals surface area contributed by atoms with E-state index in [0.717, 1.165) is 4.47 Å². The molecule has 1 aliphatic heterocycles. The lowest BCUT2D eigenvalue weighted by Crippen LogP contribution is -2.29. The van der Waals surface area contributed by atoms with Gasteiger partial charge >= 0.3 is 0 Å². The molecule has 0 aliphatic carbocycles. The van der Waals surface area contributed by atoms with Crippen LogP contribution < -0.4 is 11.1 Å². The van der Waals surface area contributed by atoms with E-state index in [0.29, 0.717) is 42.1 Å². The number of rotatable bonds is 2. The number of ether oxygens (including phenoxy) is 1. The summed E-state index contributed by atoms with van der Waals surface area (Å²) in [7, 11) is 0. The molecule has 0 fully saturated rings. The maximum atomic E-state index is 11.9. The summed E-state index contributed by atoms with van der Waals surface area (Å²) in [5, 5.41) is 2.76. The molecular weight excluding hydrogens is 388 g/mol. The standard InChI is InChI=1S/C12H11BrN2O2.C5H10N2O/c1-7-11(14-8(2)17-7)12(16)15-10-5-3-4-9(13)6-10;1-4-2-8-3-5(6)7-4/h3-6H,1-2H3,(H,15,16);4H,2-3H2,1H3,(H2,6,7). The molecule has 7 nitrogen and oxygen atoms in total. The molecule has 1 aromatic heterocycles. The van der Waals surface area contributed by atoms with E-state index in [1.807, 2.05) is 31.2 Å². The van der Waals surface area contributed by atoms with Gasteiger partial charge in [0.2, 0.25) is 0 Å². The predicted molar refractivity (Wildman–Crippen MR) is 100.0 cm³/mol. The first-order valence-electron chi connectivity index (χ1n) is 7.76. The number of hydrogen-bond donors (Lipinski definition) is 2. The Hall–Kier alpha value is -2.19. The van der Waals surface area contributed by atoms with Crippen molar-refractivity contribution in [3.05, 3.63) is 46.1 Å². The number of amides is 1. The maximum absolute atomic E-state index is 11.9. The Morgan fingerprint density at radius 2 is 2.16 bits per heavy atom. The summed E-state index contributed by atoms with van der Waals surface area (Å²) < 4.78 is 11.2. The minimum atomic E-state index is -0.266. The van der Waals surface area contributed by atoms with Gasteiger partial charge in [-0.3, -0.25) is 9.79 Å². The summed E-state index contributed by atoms with van der Waals surface area (Å²) >= 11 is 3.34. The molecule has 1 unspecified atom stereocenters. The molecule has 1 aromatic carbocycles. The Labute approximate surface area is 154 Å². The number of carbonyl (C=O) groups excluding carboxylic acids is 1. The number of aryl methyl sites for hydroxylation is 2. The number of hydrogen-bond acceptors (Lipinski definition) is 6. The summed E-state index contributed by atoms with van der Waals surface area (Å²) in [4.78, 5) is 20.0. The minimum Gasteiger partial charge on any atom is -0.445 e. The Morgan fingerprint density at radius 3 is 2.68 bits per heavy atom. The van der Waals surface area contributed by atoms with Crippen LogP contribution in [-0.4, -0.2) is 36.0 Å². The molecule has 1 atom stereocenters. The Balaban J connectivity index is 0.000000236. The number of aliphatic imine (C=N–C) groups is 1. The molecular formula is C17H21BrN4O3. The van der Waals surface area contributed by atoms with E-state index in [2.05, 4.69) is 31.2 Å². The first-order chi connectivity index (χ1) is 11.8. The average molecular weight is 409 g/mol.